The monoisotopic (exact) mass is 315 g/mol. The number of carbonyl (C=O) groups excluding carboxylic acids is 2. The first kappa shape index (κ1) is 15.5. The average Bonchev–Trinajstić information content (AvgIpc) is 3.09. The van der Waals surface area contributed by atoms with Gasteiger partial charge in [0.1, 0.15) is 6.04 Å². The summed E-state index contributed by atoms with van der Waals surface area (Å²) < 4.78 is 1.65. The van der Waals surface area contributed by atoms with Gasteiger partial charge in [-0.05, 0) is 32.4 Å². The molecule has 0 aromatic carbocycles. The van der Waals surface area contributed by atoms with Crippen molar-refractivity contribution in [3.05, 3.63) is 36.2 Å². The number of carbonyl (C=O) groups is 2. The van der Waals surface area contributed by atoms with Crippen LogP contribution < -0.4 is 11.1 Å². The minimum atomic E-state index is -0.529. The molecule has 1 aliphatic heterocycles. The van der Waals surface area contributed by atoms with E-state index in [4.69, 9.17) is 5.73 Å². The number of hydrogen-bond acceptors (Lipinski definition) is 4. The molecule has 23 heavy (non-hydrogen) atoms. The first-order valence-corrected chi connectivity index (χ1v) is 7.76. The zero-order valence-electron chi connectivity index (χ0n) is 13.3. The van der Waals surface area contributed by atoms with Crippen LogP contribution in [0, 0.1) is 0 Å². The number of aromatic nitrogens is 2. The number of rotatable bonds is 3. The van der Waals surface area contributed by atoms with E-state index in [1.54, 1.807) is 21.8 Å². The number of amides is 2. The second-order valence-corrected chi connectivity index (χ2v) is 6.22. The minimum Gasteiger partial charge on any atom is -0.352 e. The highest BCUT2D eigenvalue weighted by Gasteiger charge is 2.39. The second kappa shape index (κ2) is 6.00. The number of pyridine rings is 1. The van der Waals surface area contributed by atoms with Crippen molar-refractivity contribution in [2.45, 2.75) is 38.4 Å². The molecule has 3 rings (SSSR count). The molecule has 1 aliphatic rings. The highest BCUT2D eigenvalue weighted by Crippen LogP contribution is 2.22. The van der Waals surface area contributed by atoms with Crippen molar-refractivity contribution in [1.29, 1.82) is 0 Å². The Labute approximate surface area is 134 Å². The summed E-state index contributed by atoms with van der Waals surface area (Å²) in [4.78, 5) is 26.8. The van der Waals surface area contributed by atoms with Crippen LogP contribution in [-0.2, 0) is 4.79 Å². The van der Waals surface area contributed by atoms with Gasteiger partial charge in [-0.1, -0.05) is 6.07 Å². The molecule has 122 valence electrons. The molecule has 2 aromatic rings. The standard InChI is InChI=1S/C16H21N5O2/c1-10(2)19-15(22)14-7-11(17)9-20(14)16(23)12-8-18-21-6-4-3-5-13(12)21/h3-6,8,10-11,14H,7,9,17H2,1-2H3,(H,19,22)/t11-,14-/m0/s1. The van der Waals surface area contributed by atoms with Gasteiger partial charge in [0, 0.05) is 24.8 Å². The smallest absolute Gasteiger partial charge is 0.258 e. The molecule has 7 heteroatoms. The van der Waals surface area contributed by atoms with Crippen molar-refractivity contribution < 1.29 is 9.59 Å². The van der Waals surface area contributed by atoms with E-state index in [1.807, 2.05) is 32.0 Å². The van der Waals surface area contributed by atoms with E-state index in [2.05, 4.69) is 10.4 Å². The lowest BCUT2D eigenvalue weighted by Gasteiger charge is -2.24. The molecule has 2 aromatic heterocycles. The number of nitrogens with zero attached hydrogens (tertiary/aromatic N) is 3. The molecule has 0 unspecified atom stereocenters. The van der Waals surface area contributed by atoms with Gasteiger partial charge in [-0.2, -0.15) is 5.10 Å². The number of hydrogen-bond donors (Lipinski definition) is 2. The Kier molecular flexibility index (Phi) is 4.04. The van der Waals surface area contributed by atoms with Crippen LogP contribution in [0.5, 0.6) is 0 Å². The van der Waals surface area contributed by atoms with Crippen molar-refractivity contribution >= 4 is 17.3 Å². The molecule has 2 amide bonds. The summed E-state index contributed by atoms with van der Waals surface area (Å²) in [5, 5.41) is 7.05. The summed E-state index contributed by atoms with van der Waals surface area (Å²) in [5.74, 6) is -0.360. The molecule has 2 atom stereocenters. The van der Waals surface area contributed by atoms with Gasteiger partial charge in [0.05, 0.1) is 17.3 Å². The molecular weight excluding hydrogens is 294 g/mol. The van der Waals surface area contributed by atoms with E-state index in [1.165, 1.54) is 0 Å². The topological polar surface area (TPSA) is 92.7 Å². The molecule has 0 saturated carbocycles. The van der Waals surface area contributed by atoms with Crippen LogP contribution in [0.4, 0.5) is 0 Å². The van der Waals surface area contributed by atoms with Gasteiger partial charge >= 0.3 is 0 Å². The molecule has 0 aliphatic carbocycles. The Bertz CT molecular complexity index is 739. The van der Waals surface area contributed by atoms with Gasteiger partial charge in [0.25, 0.3) is 5.91 Å². The Morgan fingerprint density at radius 1 is 1.39 bits per heavy atom. The van der Waals surface area contributed by atoms with Crippen LogP contribution in [0.3, 0.4) is 0 Å². The molecule has 0 spiro atoms. The van der Waals surface area contributed by atoms with E-state index in [0.717, 1.165) is 5.52 Å². The summed E-state index contributed by atoms with van der Waals surface area (Å²) in [6.45, 7) is 4.16. The second-order valence-electron chi connectivity index (χ2n) is 6.22. The third-order valence-electron chi connectivity index (χ3n) is 3.98. The normalized spacial score (nSPS) is 21.1. The summed E-state index contributed by atoms with van der Waals surface area (Å²) in [6.07, 6.45) is 3.80. The summed E-state index contributed by atoms with van der Waals surface area (Å²) in [6, 6.07) is 4.83. The van der Waals surface area contributed by atoms with Gasteiger partial charge in [-0.15, -0.1) is 0 Å². The Morgan fingerprint density at radius 3 is 2.91 bits per heavy atom. The lowest BCUT2D eigenvalue weighted by Crippen LogP contribution is -2.47. The maximum Gasteiger partial charge on any atom is 0.258 e. The molecule has 3 N–H and O–H groups in total. The van der Waals surface area contributed by atoms with Crippen LogP contribution in [-0.4, -0.2) is 51.0 Å². The fraction of sp³-hybridized carbons (Fsp3) is 0.438. The van der Waals surface area contributed by atoms with Crippen molar-refractivity contribution in [2.75, 3.05) is 6.54 Å². The van der Waals surface area contributed by atoms with Crippen LogP contribution in [0.2, 0.25) is 0 Å². The van der Waals surface area contributed by atoms with E-state index in [0.29, 0.717) is 18.5 Å². The van der Waals surface area contributed by atoms with E-state index < -0.39 is 6.04 Å². The van der Waals surface area contributed by atoms with Crippen molar-refractivity contribution in [2.24, 2.45) is 5.73 Å². The first-order valence-electron chi connectivity index (χ1n) is 7.76. The highest BCUT2D eigenvalue weighted by molar-refractivity contribution is 6.03. The maximum atomic E-state index is 12.9. The van der Waals surface area contributed by atoms with Gasteiger partial charge in [-0.3, -0.25) is 9.59 Å². The van der Waals surface area contributed by atoms with Crippen LogP contribution >= 0.6 is 0 Å². The molecule has 0 radical (unpaired) electrons. The van der Waals surface area contributed by atoms with Gasteiger partial charge in [-0.25, -0.2) is 4.52 Å². The minimum absolute atomic E-state index is 0.0215. The molecule has 7 nitrogen and oxygen atoms in total. The third-order valence-corrected chi connectivity index (χ3v) is 3.98. The molecule has 0 bridgehead atoms. The first-order chi connectivity index (χ1) is 11.0. The summed E-state index contributed by atoms with van der Waals surface area (Å²) >= 11 is 0. The largest absolute Gasteiger partial charge is 0.352 e. The van der Waals surface area contributed by atoms with Crippen molar-refractivity contribution in [3.8, 4) is 0 Å². The quantitative estimate of drug-likeness (QED) is 0.857. The summed E-state index contributed by atoms with van der Waals surface area (Å²) in [7, 11) is 0. The lowest BCUT2D eigenvalue weighted by atomic mass is 10.1. The predicted molar refractivity (Wildman–Crippen MR) is 85.9 cm³/mol. The van der Waals surface area contributed by atoms with E-state index >= 15 is 0 Å². The zero-order valence-corrected chi connectivity index (χ0v) is 13.3. The van der Waals surface area contributed by atoms with Crippen LogP contribution in [0.1, 0.15) is 30.6 Å². The van der Waals surface area contributed by atoms with Gasteiger partial charge < -0.3 is 16.0 Å². The van der Waals surface area contributed by atoms with E-state index in [9.17, 15) is 9.59 Å². The SMILES string of the molecule is CC(C)NC(=O)[C@@H]1C[C@H](N)CN1C(=O)c1cnn2ccccc12. The zero-order chi connectivity index (χ0) is 16.6. The Balaban J connectivity index is 1.89. The third kappa shape index (κ3) is 2.92. The number of nitrogens with one attached hydrogen (secondary N) is 1. The summed E-state index contributed by atoms with van der Waals surface area (Å²) in [5.41, 5.74) is 7.20. The average molecular weight is 315 g/mol. The predicted octanol–water partition coefficient (Wildman–Crippen LogP) is 0.401. The molecule has 1 fully saturated rings. The number of fused-ring (bicyclic) bond motifs is 1. The highest BCUT2D eigenvalue weighted by atomic mass is 16.2. The Morgan fingerprint density at radius 2 is 2.17 bits per heavy atom. The number of nitrogens with two attached hydrogens (primary N) is 1. The van der Waals surface area contributed by atoms with Crippen LogP contribution in [0.15, 0.2) is 30.6 Å². The molecule has 3 heterocycles. The molecule has 1 saturated heterocycles. The maximum absolute atomic E-state index is 12.9. The fourth-order valence-electron chi connectivity index (χ4n) is 2.98. The number of likely N-dealkylation sites (tertiary alicyclic amines) is 1. The van der Waals surface area contributed by atoms with Crippen molar-refractivity contribution in [3.63, 3.8) is 0 Å². The van der Waals surface area contributed by atoms with Crippen LogP contribution in [0.25, 0.3) is 5.52 Å². The van der Waals surface area contributed by atoms with Gasteiger partial charge in [0.15, 0.2) is 0 Å². The van der Waals surface area contributed by atoms with E-state index in [-0.39, 0.29) is 23.9 Å². The van der Waals surface area contributed by atoms with Gasteiger partial charge in [0.2, 0.25) is 5.91 Å². The van der Waals surface area contributed by atoms with Crippen molar-refractivity contribution in [1.82, 2.24) is 19.8 Å². The molecular formula is C16H21N5O2. The Hall–Kier alpha value is -2.41. The lowest BCUT2D eigenvalue weighted by molar-refractivity contribution is -0.125. The fourth-order valence-corrected chi connectivity index (χ4v) is 2.98.